The summed E-state index contributed by atoms with van der Waals surface area (Å²) in [7, 11) is 0. The molecule has 0 aliphatic carbocycles. The van der Waals surface area contributed by atoms with Gasteiger partial charge in [-0.1, -0.05) is 36.4 Å². The average molecular weight is 349 g/mol. The minimum absolute atomic E-state index is 0.0469. The normalized spacial score (nSPS) is 20.4. The van der Waals surface area contributed by atoms with Crippen LogP contribution in [0.3, 0.4) is 0 Å². The van der Waals surface area contributed by atoms with E-state index < -0.39 is 0 Å². The molecule has 1 atom stereocenters. The number of aromatic nitrogens is 2. The van der Waals surface area contributed by atoms with Crippen molar-refractivity contribution in [2.45, 2.75) is 12.6 Å². The number of piperazine rings is 1. The van der Waals surface area contributed by atoms with Gasteiger partial charge in [-0.25, -0.2) is 4.79 Å². The third-order valence-electron chi connectivity index (χ3n) is 5.16. The maximum Gasteiger partial charge on any atom is 0.317 e. The third kappa shape index (κ3) is 2.61. The number of rotatable bonds is 3. The molecule has 1 aromatic heterocycles. The molecule has 5 rings (SSSR count). The molecule has 2 fully saturated rings. The van der Waals surface area contributed by atoms with E-state index in [1.165, 1.54) is 0 Å². The van der Waals surface area contributed by atoms with E-state index in [-0.39, 0.29) is 12.1 Å². The van der Waals surface area contributed by atoms with Gasteiger partial charge in [0.1, 0.15) is 0 Å². The van der Waals surface area contributed by atoms with Crippen molar-refractivity contribution in [1.29, 1.82) is 0 Å². The van der Waals surface area contributed by atoms with Gasteiger partial charge in [0.2, 0.25) is 11.8 Å². The molecule has 2 aliphatic rings. The minimum atomic E-state index is 0.0469. The van der Waals surface area contributed by atoms with Gasteiger partial charge in [-0.3, -0.25) is 4.90 Å². The molecule has 2 aliphatic heterocycles. The second kappa shape index (κ2) is 6.10. The number of hydrogen-bond acceptors (Lipinski definition) is 5. The van der Waals surface area contributed by atoms with E-state index in [0.29, 0.717) is 24.9 Å². The van der Waals surface area contributed by atoms with Crippen LogP contribution >= 0.6 is 0 Å². The highest BCUT2D eigenvalue weighted by atomic mass is 16.4. The van der Waals surface area contributed by atoms with Crippen molar-refractivity contribution >= 4 is 16.8 Å². The number of carbonyl (C=O) groups excluding carboxylic acids is 1. The summed E-state index contributed by atoms with van der Waals surface area (Å²) in [6, 6.07) is 14.5. The summed E-state index contributed by atoms with van der Waals surface area (Å²) in [5.41, 5.74) is 0.956. The van der Waals surface area contributed by atoms with Crippen molar-refractivity contribution in [3.8, 4) is 11.5 Å². The summed E-state index contributed by atoms with van der Waals surface area (Å²) in [5, 5.41) is 13.7. The Hall–Kier alpha value is -2.93. The van der Waals surface area contributed by atoms with E-state index >= 15 is 0 Å². The van der Waals surface area contributed by atoms with Crippen molar-refractivity contribution in [3.05, 3.63) is 48.4 Å². The number of hydrogen-bond donors (Lipinski definition) is 1. The van der Waals surface area contributed by atoms with Gasteiger partial charge in [-0.05, 0) is 16.8 Å². The second-order valence-corrected chi connectivity index (χ2v) is 6.80. The SMILES string of the molecule is O=C1NCC2CN(Cc3nnc(-c4cccc5ccccc45)o3)CCN12. The number of amides is 2. The molecule has 7 nitrogen and oxygen atoms in total. The van der Waals surface area contributed by atoms with Crippen LogP contribution in [0.15, 0.2) is 46.9 Å². The van der Waals surface area contributed by atoms with Crippen LogP contribution in [0.4, 0.5) is 4.79 Å². The van der Waals surface area contributed by atoms with Crippen molar-refractivity contribution in [2.24, 2.45) is 0 Å². The van der Waals surface area contributed by atoms with Gasteiger partial charge in [0, 0.05) is 31.7 Å². The van der Waals surface area contributed by atoms with Gasteiger partial charge in [-0.15, -0.1) is 10.2 Å². The van der Waals surface area contributed by atoms with Crippen LogP contribution in [0, 0.1) is 0 Å². The molecule has 0 spiro atoms. The van der Waals surface area contributed by atoms with Crippen LogP contribution in [0.2, 0.25) is 0 Å². The molecule has 0 radical (unpaired) electrons. The zero-order valence-corrected chi connectivity index (χ0v) is 14.3. The number of nitrogens with zero attached hydrogens (tertiary/aromatic N) is 4. The second-order valence-electron chi connectivity index (χ2n) is 6.80. The van der Waals surface area contributed by atoms with Gasteiger partial charge in [0.25, 0.3) is 0 Å². The van der Waals surface area contributed by atoms with Crippen molar-refractivity contribution in [1.82, 2.24) is 25.3 Å². The predicted molar refractivity (Wildman–Crippen MR) is 96.4 cm³/mol. The Bertz CT molecular complexity index is 964. The molecule has 0 saturated carbocycles. The molecule has 2 amide bonds. The number of urea groups is 1. The lowest BCUT2D eigenvalue weighted by molar-refractivity contribution is 0.110. The summed E-state index contributed by atoms with van der Waals surface area (Å²) in [6.07, 6.45) is 0. The summed E-state index contributed by atoms with van der Waals surface area (Å²) in [5.74, 6) is 1.16. The van der Waals surface area contributed by atoms with E-state index in [9.17, 15) is 4.79 Å². The molecule has 7 heteroatoms. The van der Waals surface area contributed by atoms with Gasteiger partial charge in [0.15, 0.2) is 0 Å². The van der Waals surface area contributed by atoms with Gasteiger partial charge >= 0.3 is 6.03 Å². The molecule has 2 aromatic carbocycles. The zero-order chi connectivity index (χ0) is 17.5. The lowest BCUT2D eigenvalue weighted by Gasteiger charge is -2.35. The standard InChI is InChI=1S/C19H19N5O2/c25-19-20-10-14-11-23(8-9-24(14)19)12-17-21-22-18(26-17)16-7-3-5-13-4-1-2-6-15(13)16/h1-7,14H,8-12H2,(H,20,25). The predicted octanol–water partition coefficient (Wildman–Crippen LogP) is 2.10. The maximum absolute atomic E-state index is 11.7. The highest BCUT2D eigenvalue weighted by Crippen LogP contribution is 2.28. The van der Waals surface area contributed by atoms with E-state index in [1.54, 1.807) is 0 Å². The Morgan fingerprint density at radius 2 is 2.00 bits per heavy atom. The van der Waals surface area contributed by atoms with Crippen LogP contribution in [-0.2, 0) is 6.54 Å². The fourth-order valence-electron chi connectivity index (χ4n) is 3.84. The lowest BCUT2D eigenvalue weighted by Crippen LogP contribution is -2.51. The third-order valence-corrected chi connectivity index (χ3v) is 5.16. The Labute approximate surface area is 150 Å². The van der Waals surface area contributed by atoms with Crippen LogP contribution in [-0.4, -0.2) is 58.2 Å². The summed E-state index contributed by atoms with van der Waals surface area (Å²) in [4.78, 5) is 15.9. The molecule has 1 N–H and O–H groups in total. The van der Waals surface area contributed by atoms with Gasteiger partial charge < -0.3 is 14.6 Å². The van der Waals surface area contributed by atoms with E-state index in [0.717, 1.165) is 36.0 Å². The highest BCUT2D eigenvalue weighted by molar-refractivity contribution is 5.94. The molecule has 26 heavy (non-hydrogen) atoms. The van der Waals surface area contributed by atoms with Crippen molar-refractivity contribution < 1.29 is 9.21 Å². The fourth-order valence-corrected chi connectivity index (χ4v) is 3.84. The number of benzene rings is 2. The van der Waals surface area contributed by atoms with E-state index in [1.807, 2.05) is 29.2 Å². The molecule has 3 heterocycles. The van der Waals surface area contributed by atoms with E-state index in [2.05, 4.69) is 38.6 Å². The number of nitrogens with one attached hydrogen (secondary N) is 1. The molecule has 132 valence electrons. The minimum Gasteiger partial charge on any atom is -0.419 e. The molecule has 0 bridgehead atoms. The maximum atomic E-state index is 11.7. The Morgan fingerprint density at radius 1 is 1.12 bits per heavy atom. The van der Waals surface area contributed by atoms with Crippen molar-refractivity contribution in [2.75, 3.05) is 26.2 Å². The first-order valence-electron chi connectivity index (χ1n) is 8.85. The first-order chi connectivity index (χ1) is 12.8. The summed E-state index contributed by atoms with van der Waals surface area (Å²) >= 11 is 0. The molecular weight excluding hydrogens is 330 g/mol. The largest absolute Gasteiger partial charge is 0.419 e. The number of fused-ring (bicyclic) bond motifs is 2. The van der Waals surface area contributed by atoms with Crippen LogP contribution in [0.5, 0.6) is 0 Å². The van der Waals surface area contributed by atoms with Crippen molar-refractivity contribution in [3.63, 3.8) is 0 Å². The monoisotopic (exact) mass is 349 g/mol. The first kappa shape index (κ1) is 15.3. The smallest absolute Gasteiger partial charge is 0.317 e. The molecule has 1 unspecified atom stereocenters. The quantitative estimate of drug-likeness (QED) is 0.784. The summed E-state index contributed by atoms with van der Waals surface area (Å²) < 4.78 is 5.95. The highest BCUT2D eigenvalue weighted by Gasteiger charge is 2.35. The lowest BCUT2D eigenvalue weighted by atomic mass is 10.0. The average Bonchev–Trinajstić information content (AvgIpc) is 3.28. The fraction of sp³-hybridized carbons (Fsp3) is 0.316. The van der Waals surface area contributed by atoms with Crippen LogP contribution in [0.25, 0.3) is 22.2 Å². The summed E-state index contributed by atoms with van der Waals surface area (Å²) in [6.45, 7) is 3.69. The molecular formula is C19H19N5O2. The molecule has 3 aromatic rings. The van der Waals surface area contributed by atoms with Gasteiger partial charge in [0.05, 0.1) is 12.6 Å². The Morgan fingerprint density at radius 3 is 2.96 bits per heavy atom. The molecule has 2 saturated heterocycles. The van der Waals surface area contributed by atoms with E-state index in [4.69, 9.17) is 4.42 Å². The zero-order valence-electron chi connectivity index (χ0n) is 14.3. The number of carbonyl (C=O) groups is 1. The Kier molecular flexibility index (Phi) is 3.60. The Balaban J connectivity index is 1.35. The van der Waals surface area contributed by atoms with Crippen LogP contribution in [0.1, 0.15) is 5.89 Å². The van der Waals surface area contributed by atoms with Gasteiger partial charge in [-0.2, -0.15) is 0 Å². The van der Waals surface area contributed by atoms with Crippen LogP contribution < -0.4 is 5.32 Å². The topological polar surface area (TPSA) is 74.5 Å². The first-order valence-corrected chi connectivity index (χ1v) is 8.85.